The van der Waals surface area contributed by atoms with E-state index in [0.29, 0.717) is 36.8 Å². The maximum absolute atomic E-state index is 12.9. The molecule has 1 aromatic carbocycles. The fraction of sp³-hybridized carbons (Fsp3) is 0.471. The van der Waals surface area contributed by atoms with Gasteiger partial charge in [-0.3, -0.25) is 4.79 Å². The van der Waals surface area contributed by atoms with E-state index in [0.717, 1.165) is 0 Å². The number of rotatable bonds is 7. The Bertz CT molecular complexity index is 713. The molecule has 1 atom stereocenters. The van der Waals surface area contributed by atoms with Gasteiger partial charge in [0.25, 0.3) is 0 Å². The number of ketones is 2. The quantitative estimate of drug-likeness (QED) is 0.735. The maximum atomic E-state index is 12.9. The molecule has 0 aliphatic heterocycles. The summed E-state index contributed by atoms with van der Waals surface area (Å²) in [4.78, 5) is 34.8. The zero-order valence-electron chi connectivity index (χ0n) is 13.4. The van der Waals surface area contributed by atoms with Gasteiger partial charge in [0.05, 0.1) is 11.0 Å². The number of hydrogen-bond donors (Lipinski definition) is 0. The highest BCUT2D eigenvalue weighted by Gasteiger charge is 2.45. The minimum atomic E-state index is -1.39. The van der Waals surface area contributed by atoms with Gasteiger partial charge in [0.15, 0.2) is 5.78 Å². The second-order valence-corrected chi connectivity index (χ2v) is 6.80. The third kappa shape index (κ3) is 3.42. The first-order valence-corrected chi connectivity index (χ1v) is 8.35. The van der Waals surface area contributed by atoms with Crippen LogP contribution in [0.3, 0.4) is 0 Å². The van der Waals surface area contributed by atoms with Gasteiger partial charge in [0.1, 0.15) is 23.2 Å². The number of halogens is 2. The lowest BCUT2D eigenvalue weighted by atomic mass is 9.76. The molecule has 0 bridgehead atoms. The molecule has 2 rings (SSSR count). The first-order chi connectivity index (χ1) is 11.2. The van der Waals surface area contributed by atoms with Crippen LogP contribution in [0.15, 0.2) is 6.07 Å². The summed E-state index contributed by atoms with van der Waals surface area (Å²) >= 11 is 12.4. The molecule has 1 unspecified atom stereocenters. The molecule has 7 heteroatoms. The van der Waals surface area contributed by atoms with Crippen molar-refractivity contribution in [3.05, 3.63) is 27.2 Å². The molecule has 0 heterocycles. The predicted octanol–water partition coefficient (Wildman–Crippen LogP) is 2.63. The molecule has 0 N–H and O–H groups in total. The molecule has 1 aliphatic carbocycles. The van der Waals surface area contributed by atoms with Crippen LogP contribution in [0.1, 0.15) is 49.0 Å². The molecular formula is C17H17Cl2O5-. The first-order valence-electron chi connectivity index (χ1n) is 7.59. The summed E-state index contributed by atoms with van der Waals surface area (Å²) in [5.74, 6) is -1.38. The number of aliphatic carboxylic acids is 1. The number of carboxylic acid groups (broad SMARTS) is 1. The van der Waals surface area contributed by atoms with Gasteiger partial charge in [-0.1, -0.05) is 30.1 Å². The highest BCUT2D eigenvalue weighted by Crippen LogP contribution is 2.49. The molecule has 0 amide bonds. The Labute approximate surface area is 149 Å². The maximum Gasteiger partial charge on any atom is 0.171 e. The topological polar surface area (TPSA) is 83.5 Å². The average molecular weight is 372 g/mol. The Balaban J connectivity index is 2.41. The van der Waals surface area contributed by atoms with Gasteiger partial charge in [-0.15, -0.1) is 0 Å². The molecule has 130 valence electrons. The van der Waals surface area contributed by atoms with Crippen molar-refractivity contribution in [2.75, 3.05) is 6.61 Å². The van der Waals surface area contributed by atoms with E-state index >= 15 is 0 Å². The van der Waals surface area contributed by atoms with E-state index in [2.05, 4.69) is 0 Å². The Morgan fingerprint density at radius 2 is 2.00 bits per heavy atom. The minimum Gasteiger partial charge on any atom is -0.546 e. The van der Waals surface area contributed by atoms with Crippen molar-refractivity contribution in [2.45, 2.75) is 39.5 Å². The van der Waals surface area contributed by atoms with Gasteiger partial charge in [-0.05, 0) is 37.8 Å². The zero-order chi connectivity index (χ0) is 18.1. The van der Waals surface area contributed by atoms with Gasteiger partial charge in [0.2, 0.25) is 0 Å². The van der Waals surface area contributed by atoms with E-state index in [9.17, 15) is 19.5 Å². The zero-order valence-corrected chi connectivity index (χ0v) is 14.9. The summed E-state index contributed by atoms with van der Waals surface area (Å²) in [6.45, 7) is 2.73. The summed E-state index contributed by atoms with van der Waals surface area (Å²) in [5, 5.41) is 10.6. The SMILES string of the molecule is CCC1(CCC(C)=O)Cc2cc(OCC(=O)[O-])c(Cl)c(Cl)c2C1=O. The minimum absolute atomic E-state index is 0.00323. The van der Waals surface area contributed by atoms with Crippen LogP contribution in [0, 0.1) is 5.41 Å². The Hall–Kier alpha value is -1.59. The normalized spacial score (nSPS) is 19.2. The van der Waals surface area contributed by atoms with Crippen LogP contribution < -0.4 is 9.84 Å². The van der Waals surface area contributed by atoms with Crippen LogP contribution in [0.4, 0.5) is 0 Å². The second kappa shape index (κ2) is 7.11. The van der Waals surface area contributed by atoms with E-state index in [1.54, 1.807) is 6.07 Å². The molecule has 1 aliphatic rings. The van der Waals surface area contributed by atoms with E-state index in [1.165, 1.54) is 6.92 Å². The lowest BCUT2D eigenvalue weighted by Gasteiger charge is -2.25. The van der Waals surface area contributed by atoms with Crippen LogP contribution in [-0.4, -0.2) is 24.1 Å². The summed E-state index contributed by atoms with van der Waals surface area (Å²) in [6.07, 6.45) is 1.74. The van der Waals surface area contributed by atoms with Crippen LogP contribution in [0.5, 0.6) is 5.75 Å². The molecule has 0 saturated carbocycles. The van der Waals surface area contributed by atoms with Crippen LogP contribution in [0.2, 0.25) is 10.0 Å². The summed E-state index contributed by atoms with van der Waals surface area (Å²) < 4.78 is 5.10. The smallest absolute Gasteiger partial charge is 0.171 e. The number of carbonyl (C=O) groups is 3. The number of ether oxygens (including phenoxy) is 1. The lowest BCUT2D eigenvalue weighted by Crippen LogP contribution is -2.29. The number of benzene rings is 1. The van der Waals surface area contributed by atoms with Gasteiger partial charge in [-0.2, -0.15) is 0 Å². The van der Waals surface area contributed by atoms with Crippen molar-refractivity contribution in [1.82, 2.24) is 0 Å². The fourth-order valence-electron chi connectivity index (χ4n) is 3.07. The van der Waals surface area contributed by atoms with Crippen LogP contribution >= 0.6 is 23.2 Å². The van der Waals surface area contributed by atoms with E-state index in [-0.39, 0.29) is 27.4 Å². The first kappa shape index (κ1) is 18.7. The molecular weight excluding hydrogens is 355 g/mol. The van der Waals surface area contributed by atoms with Crippen molar-refractivity contribution >= 4 is 40.7 Å². The summed E-state index contributed by atoms with van der Waals surface area (Å²) in [7, 11) is 0. The predicted molar refractivity (Wildman–Crippen MR) is 87.6 cm³/mol. The van der Waals surface area contributed by atoms with Crippen molar-refractivity contribution in [1.29, 1.82) is 0 Å². The van der Waals surface area contributed by atoms with Gasteiger partial charge in [-0.25, -0.2) is 0 Å². The second-order valence-electron chi connectivity index (χ2n) is 6.04. The molecule has 24 heavy (non-hydrogen) atoms. The lowest BCUT2D eigenvalue weighted by molar-refractivity contribution is -0.307. The molecule has 0 aromatic heterocycles. The van der Waals surface area contributed by atoms with E-state index in [4.69, 9.17) is 27.9 Å². The average Bonchev–Trinajstić information content (AvgIpc) is 2.80. The van der Waals surface area contributed by atoms with Gasteiger partial charge < -0.3 is 19.4 Å². The third-order valence-electron chi connectivity index (χ3n) is 4.47. The Morgan fingerprint density at radius 1 is 1.33 bits per heavy atom. The Morgan fingerprint density at radius 3 is 2.54 bits per heavy atom. The molecule has 0 spiro atoms. The van der Waals surface area contributed by atoms with Crippen molar-refractivity contribution in [2.24, 2.45) is 5.41 Å². The third-order valence-corrected chi connectivity index (χ3v) is 5.32. The fourth-order valence-corrected chi connectivity index (χ4v) is 3.57. The highest BCUT2D eigenvalue weighted by atomic mass is 35.5. The monoisotopic (exact) mass is 371 g/mol. The van der Waals surface area contributed by atoms with Crippen molar-refractivity contribution in [3.63, 3.8) is 0 Å². The number of carboxylic acids is 1. The van der Waals surface area contributed by atoms with Crippen molar-refractivity contribution in [3.8, 4) is 5.75 Å². The molecule has 0 fully saturated rings. The van der Waals surface area contributed by atoms with Crippen molar-refractivity contribution < 1.29 is 24.2 Å². The summed E-state index contributed by atoms with van der Waals surface area (Å²) in [5.41, 5.74) is 0.314. The number of Topliss-reactive ketones (excluding diaryl/α,β-unsaturated/α-hetero) is 2. The van der Waals surface area contributed by atoms with Gasteiger partial charge in [0, 0.05) is 17.4 Å². The van der Waals surface area contributed by atoms with E-state index < -0.39 is 18.0 Å². The molecule has 5 nitrogen and oxygen atoms in total. The summed E-state index contributed by atoms with van der Waals surface area (Å²) in [6, 6.07) is 1.55. The Kier molecular flexibility index (Phi) is 5.56. The highest BCUT2D eigenvalue weighted by molar-refractivity contribution is 6.45. The van der Waals surface area contributed by atoms with Crippen LogP contribution in [0.25, 0.3) is 0 Å². The standard InChI is InChI=1S/C17H18Cl2O5/c1-3-17(5-4-9(2)20)7-10-6-11(24-8-12(21)22)14(18)15(19)13(10)16(17)23/h6H,3-5,7-8H2,1-2H3,(H,21,22)/p-1. The molecule has 0 radical (unpaired) electrons. The van der Waals surface area contributed by atoms with Crippen LogP contribution in [-0.2, 0) is 16.0 Å². The van der Waals surface area contributed by atoms with E-state index in [1.807, 2.05) is 6.92 Å². The molecule has 0 saturated heterocycles. The molecule has 1 aromatic rings. The number of hydrogen-bond acceptors (Lipinski definition) is 5. The number of carbonyl (C=O) groups excluding carboxylic acids is 3. The van der Waals surface area contributed by atoms with Gasteiger partial charge >= 0.3 is 0 Å². The largest absolute Gasteiger partial charge is 0.546 e. The number of fused-ring (bicyclic) bond motifs is 1.